The summed E-state index contributed by atoms with van der Waals surface area (Å²) in [5.41, 5.74) is 5.65. The first-order valence-electron chi connectivity index (χ1n) is 7.45. The molecule has 3 aromatic carbocycles. The molecule has 0 radical (unpaired) electrons. The molecule has 120 valence electrons. The first kappa shape index (κ1) is 15.7. The van der Waals surface area contributed by atoms with Crippen molar-refractivity contribution >= 4 is 22.6 Å². The number of rotatable bonds is 3. The Bertz CT molecular complexity index is 903. The summed E-state index contributed by atoms with van der Waals surface area (Å²) >= 11 is 0. The lowest BCUT2D eigenvalue weighted by molar-refractivity contribution is -0.121. The molecule has 0 aromatic heterocycles. The van der Waals surface area contributed by atoms with Crippen LogP contribution in [-0.4, -0.2) is 11.8 Å². The van der Waals surface area contributed by atoms with Gasteiger partial charge >= 0.3 is 0 Å². The molecule has 0 aliphatic rings. The SMILES string of the molecule is O=C(Cc1cccc2ccccc12)NNC(=O)c1cccc(F)c1. The Morgan fingerprint density at radius 3 is 2.46 bits per heavy atom. The van der Waals surface area contributed by atoms with Crippen molar-refractivity contribution in [2.45, 2.75) is 6.42 Å². The second kappa shape index (κ2) is 6.91. The minimum atomic E-state index is -0.569. The fourth-order valence-corrected chi connectivity index (χ4v) is 2.49. The number of nitrogens with one attached hydrogen (secondary N) is 2. The number of carbonyl (C=O) groups excluding carboxylic acids is 2. The molecule has 3 rings (SSSR count). The lowest BCUT2D eigenvalue weighted by Gasteiger charge is -2.09. The summed E-state index contributed by atoms with van der Waals surface area (Å²) < 4.78 is 13.1. The largest absolute Gasteiger partial charge is 0.273 e. The number of halogens is 1. The molecule has 0 saturated heterocycles. The van der Waals surface area contributed by atoms with Gasteiger partial charge in [-0.05, 0) is 34.5 Å². The van der Waals surface area contributed by atoms with Gasteiger partial charge in [-0.3, -0.25) is 20.4 Å². The van der Waals surface area contributed by atoms with Gasteiger partial charge in [0.2, 0.25) is 5.91 Å². The van der Waals surface area contributed by atoms with Gasteiger partial charge in [-0.1, -0.05) is 48.5 Å². The van der Waals surface area contributed by atoms with Crippen LogP contribution in [0.25, 0.3) is 10.8 Å². The number of fused-ring (bicyclic) bond motifs is 1. The second-order valence-electron chi connectivity index (χ2n) is 5.33. The highest BCUT2D eigenvalue weighted by Crippen LogP contribution is 2.18. The number of hydrazine groups is 1. The van der Waals surface area contributed by atoms with Crippen LogP contribution in [0.2, 0.25) is 0 Å². The van der Waals surface area contributed by atoms with Gasteiger partial charge in [0, 0.05) is 5.56 Å². The maximum absolute atomic E-state index is 13.1. The number of benzene rings is 3. The van der Waals surface area contributed by atoms with E-state index in [0.717, 1.165) is 22.4 Å². The molecule has 2 N–H and O–H groups in total. The van der Waals surface area contributed by atoms with Crippen LogP contribution in [0.1, 0.15) is 15.9 Å². The number of amides is 2. The molecule has 24 heavy (non-hydrogen) atoms. The fourth-order valence-electron chi connectivity index (χ4n) is 2.49. The topological polar surface area (TPSA) is 58.2 Å². The van der Waals surface area contributed by atoms with Crippen LogP contribution in [-0.2, 0) is 11.2 Å². The van der Waals surface area contributed by atoms with Crippen molar-refractivity contribution in [3.63, 3.8) is 0 Å². The van der Waals surface area contributed by atoms with E-state index in [0.29, 0.717) is 0 Å². The molecule has 0 saturated carbocycles. The van der Waals surface area contributed by atoms with Crippen molar-refractivity contribution in [2.24, 2.45) is 0 Å². The van der Waals surface area contributed by atoms with Gasteiger partial charge in [-0.25, -0.2) is 4.39 Å². The first-order chi connectivity index (χ1) is 11.6. The zero-order chi connectivity index (χ0) is 16.9. The van der Waals surface area contributed by atoms with Crippen molar-refractivity contribution in [1.82, 2.24) is 10.9 Å². The molecular formula is C19H15FN2O2. The zero-order valence-corrected chi connectivity index (χ0v) is 12.8. The van der Waals surface area contributed by atoms with E-state index in [1.807, 2.05) is 42.5 Å². The molecule has 0 bridgehead atoms. The normalized spacial score (nSPS) is 10.4. The van der Waals surface area contributed by atoms with E-state index in [2.05, 4.69) is 10.9 Å². The van der Waals surface area contributed by atoms with Crippen molar-refractivity contribution in [1.29, 1.82) is 0 Å². The van der Waals surface area contributed by atoms with Gasteiger partial charge in [0.05, 0.1) is 6.42 Å². The molecular weight excluding hydrogens is 307 g/mol. The fraction of sp³-hybridized carbons (Fsp3) is 0.0526. The third-order valence-corrected chi connectivity index (χ3v) is 3.63. The number of carbonyl (C=O) groups is 2. The Morgan fingerprint density at radius 2 is 1.62 bits per heavy atom. The predicted octanol–water partition coefficient (Wildman–Crippen LogP) is 2.98. The Labute approximate surface area is 138 Å². The number of hydrogen-bond donors (Lipinski definition) is 2. The summed E-state index contributed by atoms with van der Waals surface area (Å²) in [6, 6.07) is 18.8. The minimum Gasteiger partial charge on any atom is -0.273 e. The van der Waals surface area contributed by atoms with Crippen molar-refractivity contribution in [3.8, 4) is 0 Å². The van der Waals surface area contributed by atoms with Crippen LogP contribution in [0.15, 0.2) is 66.7 Å². The summed E-state index contributed by atoms with van der Waals surface area (Å²) in [6.07, 6.45) is 0.130. The quantitative estimate of drug-likeness (QED) is 0.728. The van der Waals surface area contributed by atoms with Crippen molar-refractivity contribution in [2.75, 3.05) is 0 Å². The standard InChI is InChI=1S/C19H15FN2O2/c20-16-9-4-8-15(11-16)19(24)22-21-18(23)12-14-7-3-6-13-5-1-2-10-17(13)14/h1-11H,12H2,(H,21,23)(H,22,24). The molecule has 0 fully saturated rings. The molecule has 0 spiro atoms. The van der Waals surface area contributed by atoms with E-state index in [4.69, 9.17) is 0 Å². The Kier molecular flexibility index (Phi) is 4.52. The van der Waals surface area contributed by atoms with Gasteiger partial charge in [0.15, 0.2) is 0 Å². The maximum Gasteiger partial charge on any atom is 0.269 e. The van der Waals surface area contributed by atoms with Crippen LogP contribution in [0.4, 0.5) is 4.39 Å². The third kappa shape index (κ3) is 3.57. The molecule has 2 amide bonds. The average molecular weight is 322 g/mol. The molecule has 0 aliphatic heterocycles. The summed E-state index contributed by atoms with van der Waals surface area (Å²) in [5.74, 6) is -1.43. The Hall–Kier alpha value is -3.21. The smallest absolute Gasteiger partial charge is 0.269 e. The van der Waals surface area contributed by atoms with Crippen LogP contribution >= 0.6 is 0 Å². The zero-order valence-electron chi connectivity index (χ0n) is 12.8. The van der Waals surface area contributed by atoms with Crippen molar-refractivity contribution < 1.29 is 14.0 Å². The predicted molar refractivity (Wildman–Crippen MR) is 89.7 cm³/mol. The van der Waals surface area contributed by atoms with E-state index < -0.39 is 11.7 Å². The van der Waals surface area contributed by atoms with Crippen molar-refractivity contribution in [3.05, 3.63) is 83.7 Å². The number of hydrogen-bond acceptors (Lipinski definition) is 2. The molecule has 0 atom stereocenters. The molecule has 4 nitrogen and oxygen atoms in total. The van der Waals surface area contributed by atoms with E-state index in [9.17, 15) is 14.0 Å². The van der Waals surface area contributed by atoms with Gasteiger partial charge in [0.1, 0.15) is 5.82 Å². The highest BCUT2D eigenvalue weighted by molar-refractivity contribution is 5.96. The van der Waals surface area contributed by atoms with E-state index in [1.54, 1.807) is 0 Å². The van der Waals surface area contributed by atoms with E-state index in [-0.39, 0.29) is 17.9 Å². The first-order valence-corrected chi connectivity index (χ1v) is 7.45. The van der Waals surface area contributed by atoms with Crippen LogP contribution in [0, 0.1) is 5.82 Å². The second-order valence-corrected chi connectivity index (χ2v) is 5.33. The summed E-state index contributed by atoms with van der Waals surface area (Å²) in [4.78, 5) is 23.9. The molecule has 3 aromatic rings. The summed E-state index contributed by atoms with van der Waals surface area (Å²) in [6.45, 7) is 0. The van der Waals surface area contributed by atoms with Gasteiger partial charge < -0.3 is 0 Å². The average Bonchev–Trinajstić information content (AvgIpc) is 2.60. The van der Waals surface area contributed by atoms with Gasteiger partial charge in [-0.15, -0.1) is 0 Å². The summed E-state index contributed by atoms with van der Waals surface area (Å²) in [5, 5.41) is 2.04. The van der Waals surface area contributed by atoms with Gasteiger partial charge in [0.25, 0.3) is 5.91 Å². The highest BCUT2D eigenvalue weighted by Gasteiger charge is 2.10. The Morgan fingerprint density at radius 1 is 0.875 bits per heavy atom. The highest BCUT2D eigenvalue weighted by atomic mass is 19.1. The maximum atomic E-state index is 13.1. The monoisotopic (exact) mass is 322 g/mol. The van der Waals surface area contributed by atoms with E-state index in [1.165, 1.54) is 18.2 Å². The Balaban J connectivity index is 1.64. The molecule has 5 heteroatoms. The lowest BCUT2D eigenvalue weighted by atomic mass is 10.0. The van der Waals surface area contributed by atoms with Gasteiger partial charge in [-0.2, -0.15) is 0 Å². The van der Waals surface area contributed by atoms with Crippen LogP contribution < -0.4 is 10.9 Å². The van der Waals surface area contributed by atoms with Crippen LogP contribution in [0.3, 0.4) is 0 Å². The van der Waals surface area contributed by atoms with E-state index >= 15 is 0 Å². The third-order valence-electron chi connectivity index (χ3n) is 3.63. The molecule has 0 unspecified atom stereocenters. The lowest BCUT2D eigenvalue weighted by Crippen LogP contribution is -2.42. The minimum absolute atomic E-state index is 0.130. The summed E-state index contributed by atoms with van der Waals surface area (Å²) in [7, 11) is 0. The molecule has 0 heterocycles. The van der Waals surface area contributed by atoms with Crippen LogP contribution in [0.5, 0.6) is 0 Å². The molecule has 0 aliphatic carbocycles.